The highest BCUT2D eigenvalue weighted by molar-refractivity contribution is 5.98. The summed E-state index contributed by atoms with van der Waals surface area (Å²) in [6, 6.07) is 8.20. The second kappa shape index (κ2) is 11.9. The first kappa shape index (κ1) is 25.5. The maximum atomic E-state index is 13.1. The van der Waals surface area contributed by atoms with Crippen LogP contribution in [0.1, 0.15) is 69.3 Å². The molecule has 2 atom stereocenters. The number of ether oxygens (including phenoxy) is 1. The monoisotopic (exact) mass is 482 g/mol. The smallest absolute Gasteiger partial charge is 0.270 e. The van der Waals surface area contributed by atoms with Gasteiger partial charge < -0.3 is 24.8 Å². The molecule has 0 radical (unpaired) electrons. The molecule has 192 valence electrons. The van der Waals surface area contributed by atoms with E-state index in [1.165, 1.54) is 38.8 Å². The van der Waals surface area contributed by atoms with E-state index >= 15 is 0 Å². The summed E-state index contributed by atoms with van der Waals surface area (Å²) in [6.07, 6.45) is 8.00. The average molecular weight is 483 g/mol. The number of methoxy groups -OCH3 is 1. The molecule has 0 saturated carbocycles. The molecule has 2 saturated heterocycles. The van der Waals surface area contributed by atoms with E-state index in [0.717, 1.165) is 42.5 Å². The molecule has 2 fully saturated rings. The number of aromatic nitrogens is 1. The lowest BCUT2D eigenvalue weighted by Crippen LogP contribution is -2.43. The molecule has 0 unspecified atom stereocenters. The third-order valence-corrected chi connectivity index (χ3v) is 8.13. The Hall–Kier alpha value is -2.54. The molecule has 1 aromatic carbocycles. The molecule has 0 spiro atoms. The zero-order valence-electron chi connectivity index (χ0n) is 21.6. The van der Waals surface area contributed by atoms with Gasteiger partial charge in [-0.25, -0.2) is 0 Å². The Balaban J connectivity index is 1.22. The minimum atomic E-state index is -0.0266. The predicted octanol–water partition coefficient (Wildman–Crippen LogP) is 4.44. The molecule has 0 bridgehead atoms. The van der Waals surface area contributed by atoms with Crippen molar-refractivity contribution in [3.63, 3.8) is 0 Å². The number of amides is 2. The van der Waals surface area contributed by atoms with Gasteiger partial charge in [-0.3, -0.25) is 9.59 Å². The summed E-state index contributed by atoms with van der Waals surface area (Å²) in [5.74, 6) is 1.24. The van der Waals surface area contributed by atoms with E-state index in [1.807, 2.05) is 36.1 Å². The van der Waals surface area contributed by atoms with Gasteiger partial charge >= 0.3 is 0 Å². The zero-order valence-corrected chi connectivity index (χ0v) is 21.6. The van der Waals surface area contributed by atoms with E-state index < -0.39 is 0 Å². The maximum absolute atomic E-state index is 13.1. The number of piperidine rings is 1. The molecule has 0 aliphatic carbocycles. The second-order valence-electron chi connectivity index (χ2n) is 10.4. The number of hydrogen-bond acceptors (Lipinski definition) is 4. The van der Waals surface area contributed by atoms with Crippen molar-refractivity contribution in [2.45, 2.75) is 64.8 Å². The van der Waals surface area contributed by atoms with Crippen LogP contribution in [0.3, 0.4) is 0 Å². The highest BCUT2D eigenvalue weighted by Crippen LogP contribution is 2.27. The standard InChI is InChI=1S/C28H42N4O3/c1-20(31-14-6-4-5-7-15-31)10-13-29-27(33)21(2)22-11-16-32(17-12-22)28(34)26-18-23-8-9-24(35-3)19-25(23)30-26/h8-9,18-22,30H,4-7,10-17H2,1-3H3,(H,29,33)/t20-,21-/m0/s1. The van der Waals surface area contributed by atoms with Crippen LogP contribution in [0.5, 0.6) is 5.75 Å². The quantitative estimate of drug-likeness (QED) is 0.583. The molecule has 7 heteroatoms. The lowest BCUT2D eigenvalue weighted by molar-refractivity contribution is -0.126. The van der Waals surface area contributed by atoms with Crippen molar-refractivity contribution in [1.29, 1.82) is 0 Å². The Morgan fingerprint density at radius 3 is 2.46 bits per heavy atom. The van der Waals surface area contributed by atoms with Crippen molar-refractivity contribution in [1.82, 2.24) is 20.1 Å². The van der Waals surface area contributed by atoms with Gasteiger partial charge in [-0.2, -0.15) is 0 Å². The molecule has 2 amide bonds. The molecular weight excluding hydrogens is 440 g/mol. The number of carbonyl (C=O) groups excluding carboxylic acids is 2. The van der Waals surface area contributed by atoms with Crippen molar-refractivity contribution in [2.75, 3.05) is 39.8 Å². The van der Waals surface area contributed by atoms with Crippen molar-refractivity contribution in [2.24, 2.45) is 11.8 Å². The summed E-state index contributed by atoms with van der Waals surface area (Å²) in [5.41, 5.74) is 1.51. The number of rotatable bonds is 8. The lowest BCUT2D eigenvalue weighted by atomic mass is 9.84. The first-order valence-corrected chi connectivity index (χ1v) is 13.4. The average Bonchev–Trinajstić information content (AvgIpc) is 3.11. The van der Waals surface area contributed by atoms with Gasteiger partial charge in [-0.05, 0) is 76.2 Å². The molecule has 2 N–H and O–H groups in total. The van der Waals surface area contributed by atoms with Gasteiger partial charge in [0.15, 0.2) is 0 Å². The molecule has 2 aromatic rings. The number of aromatic amines is 1. The molecular formula is C28H42N4O3. The first-order valence-electron chi connectivity index (χ1n) is 13.4. The summed E-state index contributed by atoms with van der Waals surface area (Å²) in [7, 11) is 1.64. The van der Waals surface area contributed by atoms with Gasteiger partial charge in [0.25, 0.3) is 5.91 Å². The van der Waals surface area contributed by atoms with E-state index in [4.69, 9.17) is 4.74 Å². The summed E-state index contributed by atoms with van der Waals surface area (Å²) in [6.45, 7) is 8.82. The molecule has 2 aliphatic heterocycles. The minimum absolute atomic E-state index is 0.0261. The molecule has 35 heavy (non-hydrogen) atoms. The van der Waals surface area contributed by atoms with Crippen LogP contribution in [0, 0.1) is 11.8 Å². The summed E-state index contributed by atoms with van der Waals surface area (Å²) in [4.78, 5) is 33.6. The predicted molar refractivity (Wildman–Crippen MR) is 140 cm³/mol. The Morgan fingerprint density at radius 1 is 1.06 bits per heavy atom. The fourth-order valence-corrected chi connectivity index (χ4v) is 5.62. The van der Waals surface area contributed by atoms with E-state index in [1.54, 1.807) is 7.11 Å². The number of nitrogens with zero attached hydrogens (tertiary/aromatic N) is 2. The fraction of sp³-hybridized carbons (Fsp3) is 0.643. The topological polar surface area (TPSA) is 77.7 Å². The zero-order chi connectivity index (χ0) is 24.8. The van der Waals surface area contributed by atoms with E-state index in [2.05, 4.69) is 22.1 Å². The number of likely N-dealkylation sites (tertiary alicyclic amines) is 2. The highest BCUT2D eigenvalue weighted by Gasteiger charge is 2.30. The van der Waals surface area contributed by atoms with Crippen LogP contribution in [-0.4, -0.2) is 72.5 Å². The summed E-state index contributed by atoms with van der Waals surface area (Å²) < 4.78 is 5.28. The molecule has 1 aromatic heterocycles. The molecule has 3 heterocycles. The molecule has 2 aliphatic rings. The fourth-order valence-electron chi connectivity index (χ4n) is 5.62. The lowest BCUT2D eigenvalue weighted by Gasteiger charge is -2.34. The van der Waals surface area contributed by atoms with Crippen LogP contribution >= 0.6 is 0 Å². The highest BCUT2D eigenvalue weighted by atomic mass is 16.5. The van der Waals surface area contributed by atoms with Crippen molar-refractivity contribution >= 4 is 22.7 Å². The number of hydrogen-bond donors (Lipinski definition) is 2. The van der Waals surface area contributed by atoms with Crippen molar-refractivity contribution in [3.8, 4) is 5.75 Å². The normalized spacial score (nSPS) is 19.8. The number of nitrogens with one attached hydrogen (secondary N) is 2. The van der Waals surface area contributed by atoms with Crippen LogP contribution in [-0.2, 0) is 4.79 Å². The first-order chi connectivity index (χ1) is 17.0. The van der Waals surface area contributed by atoms with Crippen LogP contribution < -0.4 is 10.1 Å². The van der Waals surface area contributed by atoms with Crippen LogP contribution in [0.4, 0.5) is 0 Å². The van der Waals surface area contributed by atoms with Crippen molar-refractivity contribution in [3.05, 3.63) is 30.0 Å². The van der Waals surface area contributed by atoms with Gasteiger partial charge in [-0.15, -0.1) is 0 Å². The number of benzene rings is 1. The van der Waals surface area contributed by atoms with Crippen molar-refractivity contribution < 1.29 is 14.3 Å². The Kier molecular flexibility index (Phi) is 8.71. The van der Waals surface area contributed by atoms with E-state index in [9.17, 15) is 9.59 Å². The van der Waals surface area contributed by atoms with Crippen LogP contribution in [0.2, 0.25) is 0 Å². The molecule has 7 nitrogen and oxygen atoms in total. The maximum Gasteiger partial charge on any atom is 0.270 e. The van der Waals surface area contributed by atoms with Gasteiger partial charge in [0.1, 0.15) is 11.4 Å². The Morgan fingerprint density at radius 2 is 1.77 bits per heavy atom. The number of fused-ring (bicyclic) bond motifs is 1. The largest absolute Gasteiger partial charge is 0.497 e. The van der Waals surface area contributed by atoms with Gasteiger partial charge in [-0.1, -0.05) is 19.8 Å². The number of carbonyl (C=O) groups is 2. The third kappa shape index (κ3) is 6.37. The van der Waals surface area contributed by atoms with Crippen LogP contribution in [0.15, 0.2) is 24.3 Å². The van der Waals surface area contributed by atoms with Gasteiger partial charge in [0, 0.05) is 48.6 Å². The Labute approximate surface area is 209 Å². The third-order valence-electron chi connectivity index (χ3n) is 8.13. The second-order valence-corrected chi connectivity index (χ2v) is 10.4. The van der Waals surface area contributed by atoms with Crippen LogP contribution in [0.25, 0.3) is 10.9 Å². The summed E-state index contributed by atoms with van der Waals surface area (Å²) >= 11 is 0. The van der Waals surface area contributed by atoms with Gasteiger partial charge in [0.05, 0.1) is 7.11 Å². The SMILES string of the molecule is COc1ccc2cc(C(=O)N3CCC([C@H](C)C(=O)NCC[C@H](C)N4CCCCCC4)CC3)[nH]c2c1. The van der Waals surface area contributed by atoms with E-state index in [0.29, 0.717) is 30.7 Å². The number of H-pyrrole nitrogens is 1. The molecule has 4 rings (SSSR count). The Bertz CT molecular complexity index is 987. The summed E-state index contributed by atoms with van der Waals surface area (Å²) in [5, 5.41) is 4.19. The van der Waals surface area contributed by atoms with Gasteiger partial charge in [0.2, 0.25) is 5.91 Å². The van der Waals surface area contributed by atoms with E-state index in [-0.39, 0.29) is 17.7 Å². The minimum Gasteiger partial charge on any atom is -0.497 e.